The Balaban J connectivity index is 1.59. The summed E-state index contributed by atoms with van der Waals surface area (Å²) in [6, 6.07) is 0. The molecule has 0 radical (unpaired) electrons. The highest BCUT2D eigenvalue weighted by Crippen LogP contribution is 2.64. The monoisotopic (exact) mass is 382 g/mol. The number of carbonyl (C=O) groups excluding carboxylic acids is 1. The molecule has 3 unspecified atom stereocenters. The molecule has 0 spiro atoms. The molecule has 0 aliphatic heterocycles. The van der Waals surface area contributed by atoms with Gasteiger partial charge in [-0.05, 0) is 85.2 Å². The Hall–Kier alpha value is -1.31. The molecule has 0 amide bonds. The second-order valence-corrected chi connectivity index (χ2v) is 10.7. The van der Waals surface area contributed by atoms with Gasteiger partial charge < -0.3 is 4.74 Å². The fourth-order valence-electron chi connectivity index (χ4n) is 7.18. The molecule has 4 aliphatic carbocycles. The van der Waals surface area contributed by atoms with E-state index in [2.05, 4.69) is 45.9 Å². The zero-order valence-electron chi connectivity index (χ0n) is 18.5. The van der Waals surface area contributed by atoms with Crippen molar-refractivity contribution in [2.75, 3.05) is 7.11 Å². The predicted molar refractivity (Wildman–Crippen MR) is 115 cm³/mol. The van der Waals surface area contributed by atoms with Crippen LogP contribution in [0.25, 0.3) is 0 Å². The largest absolute Gasteiger partial charge is 0.469 e. The molecule has 0 N–H and O–H groups in total. The Labute approximate surface area is 171 Å². The number of carbonyl (C=O) groups is 1. The van der Waals surface area contributed by atoms with E-state index in [4.69, 9.17) is 4.74 Å². The lowest BCUT2D eigenvalue weighted by Crippen LogP contribution is -2.40. The molecule has 0 aromatic rings. The van der Waals surface area contributed by atoms with Crippen molar-refractivity contribution in [2.24, 2.45) is 34.5 Å². The van der Waals surface area contributed by atoms with Crippen molar-refractivity contribution in [3.63, 3.8) is 0 Å². The van der Waals surface area contributed by atoms with Gasteiger partial charge in [0.05, 0.1) is 7.11 Å². The maximum Gasteiger partial charge on any atom is 0.305 e. The van der Waals surface area contributed by atoms with Gasteiger partial charge in [0.2, 0.25) is 0 Å². The van der Waals surface area contributed by atoms with Crippen LogP contribution in [-0.4, -0.2) is 13.1 Å². The quantitative estimate of drug-likeness (QED) is 0.510. The van der Waals surface area contributed by atoms with Crippen LogP contribution in [0, 0.1) is 34.5 Å². The highest BCUT2D eigenvalue weighted by molar-refractivity contribution is 5.69. The van der Waals surface area contributed by atoms with E-state index in [1.54, 1.807) is 16.7 Å². The van der Waals surface area contributed by atoms with E-state index in [0.29, 0.717) is 29.6 Å². The average molecular weight is 383 g/mol. The van der Waals surface area contributed by atoms with Gasteiger partial charge in [0.25, 0.3) is 0 Å². The molecule has 2 nitrogen and oxygen atoms in total. The molecule has 4 aliphatic rings. The maximum absolute atomic E-state index is 11.6. The third-order valence-corrected chi connectivity index (χ3v) is 9.03. The number of hydrogen-bond donors (Lipinski definition) is 0. The summed E-state index contributed by atoms with van der Waals surface area (Å²) in [5, 5.41) is 0. The Morgan fingerprint density at radius 2 is 2.04 bits per heavy atom. The highest BCUT2D eigenvalue weighted by Gasteiger charge is 2.54. The SMILES string of the molecule is COC(=O)CC[C@@H](C)C1CCC2C3=CC=C4C[C@@H](C)CC[C@]4(C)C3=CCC21C. The van der Waals surface area contributed by atoms with E-state index >= 15 is 0 Å². The fraction of sp³-hybridized carbons (Fsp3) is 0.731. The second-order valence-electron chi connectivity index (χ2n) is 10.7. The van der Waals surface area contributed by atoms with Crippen molar-refractivity contribution in [3.8, 4) is 0 Å². The molecule has 0 heterocycles. The van der Waals surface area contributed by atoms with Gasteiger partial charge in [-0.2, -0.15) is 0 Å². The molecule has 0 aromatic carbocycles. The molecule has 6 atom stereocenters. The summed E-state index contributed by atoms with van der Waals surface area (Å²) in [6.45, 7) is 9.81. The molecular formula is C26H38O2. The van der Waals surface area contributed by atoms with E-state index in [9.17, 15) is 4.79 Å². The molecule has 28 heavy (non-hydrogen) atoms. The Morgan fingerprint density at radius 3 is 2.79 bits per heavy atom. The summed E-state index contributed by atoms with van der Waals surface area (Å²) in [4.78, 5) is 11.6. The third kappa shape index (κ3) is 3.02. The lowest BCUT2D eigenvalue weighted by atomic mass is 9.53. The summed E-state index contributed by atoms with van der Waals surface area (Å²) in [5.74, 6) is 2.72. The van der Waals surface area contributed by atoms with Crippen LogP contribution in [0.3, 0.4) is 0 Å². The number of fused-ring (bicyclic) bond motifs is 5. The molecule has 2 heteroatoms. The van der Waals surface area contributed by atoms with Crippen LogP contribution in [0.4, 0.5) is 0 Å². The summed E-state index contributed by atoms with van der Waals surface area (Å²) in [7, 11) is 1.50. The van der Waals surface area contributed by atoms with Crippen LogP contribution in [0.5, 0.6) is 0 Å². The Morgan fingerprint density at radius 1 is 1.25 bits per heavy atom. The van der Waals surface area contributed by atoms with Crippen LogP contribution in [0.15, 0.2) is 34.9 Å². The van der Waals surface area contributed by atoms with Gasteiger partial charge in [-0.15, -0.1) is 0 Å². The molecule has 4 rings (SSSR count). The highest BCUT2D eigenvalue weighted by atomic mass is 16.5. The fourth-order valence-corrected chi connectivity index (χ4v) is 7.18. The van der Waals surface area contributed by atoms with Gasteiger partial charge in [-0.25, -0.2) is 0 Å². The topological polar surface area (TPSA) is 26.3 Å². The van der Waals surface area contributed by atoms with Gasteiger partial charge in [0.1, 0.15) is 0 Å². The lowest BCUT2D eigenvalue weighted by molar-refractivity contribution is -0.141. The van der Waals surface area contributed by atoms with Gasteiger partial charge in [0, 0.05) is 11.8 Å². The minimum atomic E-state index is -0.0653. The van der Waals surface area contributed by atoms with Crippen LogP contribution in [-0.2, 0) is 9.53 Å². The second kappa shape index (κ2) is 7.18. The first-order valence-corrected chi connectivity index (χ1v) is 11.5. The van der Waals surface area contributed by atoms with Gasteiger partial charge in [-0.1, -0.05) is 51.5 Å². The normalized spacial score (nSPS) is 40.3. The van der Waals surface area contributed by atoms with Crippen molar-refractivity contribution in [1.29, 1.82) is 0 Å². The smallest absolute Gasteiger partial charge is 0.305 e. The average Bonchev–Trinajstić information content (AvgIpc) is 3.03. The summed E-state index contributed by atoms with van der Waals surface area (Å²) in [6.07, 6.45) is 16.9. The van der Waals surface area contributed by atoms with E-state index in [-0.39, 0.29) is 11.4 Å². The minimum absolute atomic E-state index is 0.0653. The van der Waals surface area contributed by atoms with Crippen LogP contribution < -0.4 is 0 Å². The number of methoxy groups -OCH3 is 1. The molecule has 2 fully saturated rings. The van der Waals surface area contributed by atoms with E-state index in [1.807, 2.05) is 0 Å². The zero-order chi connectivity index (χ0) is 20.1. The first kappa shape index (κ1) is 20.0. The van der Waals surface area contributed by atoms with Crippen molar-refractivity contribution in [1.82, 2.24) is 0 Å². The van der Waals surface area contributed by atoms with Crippen LogP contribution in [0.1, 0.15) is 79.1 Å². The zero-order valence-corrected chi connectivity index (χ0v) is 18.5. The molecular weight excluding hydrogens is 344 g/mol. The first-order chi connectivity index (χ1) is 13.3. The Bertz CT molecular complexity index is 742. The summed E-state index contributed by atoms with van der Waals surface area (Å²) < 4.78 is 4.87. The van der Waals surface area contributed by atoms with Gasteiger partial charge in [0.15, 0.2) is 0 Å². The van der Waals surface area contributed by atoms with Crippen molar-refractivity contribution in [3.05, 3.63) is 34.9 Å². The predicted octanol–water partition coefficient (Wildman–Crippen LogP) is 6.63. The number of allylic oxidation sites excluding steroid dienone is 6. The third-order valence-electron chi connectivity index (χ3n) is 9.03. The van der Waals surface area contributed by atoms with Gasteiger partial charge >= 0.3 is 5.97 Å². The minimum Gasteiger partial charge on any atom is -0.469 e. The molecule has 0 saturated heterocycles. The molecule has 2 saturated carbocycles. The lowest BCUT2D eigenvalue weighted by Gasteiger charge is -2.51. The van der Waals surface area contributed by atoms with Crippen molar-refractivity contribution < 1.29 is 9.53 Å². The molecule has 0 bridgehead atoms. The maximum atomic E-state index is 11.6. The van der Waals surface area contributed by atoms with E-state index in [0.717, 1.165) is 12.3 Å². The first-order valence-electron chi connectivity index (χ1n) is 11.5. The number of ether oxygens (including phenoxy) is 1. The van der Waals surface area contributed by atoms with Crippen LogP contribution in [0.2, 0.25) is 0 Å². The summed E-state index contributed by atoms with van der Waals surface area (Å²) >= 11 is 0. The standard InChI is InChI=1S/C26H38O2/c1-17-12-14-25(3)19(16-17)7-8-20-22-10-9-21(18(2)6-11-24(27)28-5)26(22,4)15-13-23(20)25/h7-8,13,17-18,21-22H,6,9-12,14-16H2,1-5H3/t17-,18+,21?,22?,25-,26?/m0/s1. The van der Waals surface area contributed by atoms with E-state index < -0.39 is 0 Å². The van der Waals surface area contributed by atoms with E-state index in [1.165, 1.54) is 45.6 Å². The summed E-state index contributed by atoms with van der Waals surface area (Å²) in [5.41, 5.74) is 5.62. The number of hydrogen-bond acceptors (Lipinski definition) is 2. The number of rotatable bonds is 4. The van der Waals surface area contributed by atoms with Crippen molar-refractivity contribution in [2.45, 2.75) is 79.1 Å². The van der Waals surface area contributed by atoms with Crippen LogP contribution >= 0.6 is 0 Å². The van der Waals surface area contributed by atoms with Crippen molar-refractivity contribution >= 4 is 5.97 Å². The number of esters is 1. The van der Waals surface area contributed by atoms with Gasteiger partial charge in [-0.3, -0.25) is 4.79 Å². The Kier molecular flexibility index (Phi) is 5.13. The molecule has 154 valence electrons. The molecule has 0 aromatic heterocycles.